The van der Waals surface area contributed by atoms with E-state index in [1.54, 1.807) is 0 Å². The predicted octanol–water partition coefficient (Wildman–Crippen LogP) is 4.14. The van der Waals surface area contributed by atoms with Gasteiger partial charge in [-0.1, -0.05) is 29.8 Å². The van der Waals surface area contributed by atoms with Crippen LogP contribution in [0.25, 0.3) is 0 Å². The van der Waals surface area contributed by atoms with Crippen LogP contribution in [0.3, 0.4) is 0 Å². The number of halogens is 2. The number of anilines is 2. The van der Waals surface area contributed by atoms with Gasteiger partial charge in [0.15, 0.2) is 0 Å². The number of benzene rings is 2. The molecule has 3 N–H and O–H groups in total. The zero-order chi connectivity index (χ0) is 12.3. The average molecular weight is 359 g/mol. The van der Waals surface area contributed by atoms with E-state index in [0.29, 0.717) is 6.54 Å². The van der Waals surface area contributed by atoms with E-state index in [1.807, 2.05) is 42.5 Å². The fraction of sp³-hybridized carbons (Fsp3) is 0.0769. The van der Waals surface area contributed by atoms with Crippen molar-refractivity contribution >= 4 is 45.6 Å². The molecule has 0 spiro atoms. The van der Waals surface area contributed by atoms with E-state index in [9.17, 15) is 0 Å². The zero-order valence-electron chi connectivity index (χ0n) is 9.08. The molecule has 0 radical (unpaired) electrons. The Morgan fingerprint density at radius 3 is 2.71 bits per heavy atom. The molecule has 17 heavy (non-hydrogen) atoms. The Hall–Kier alpha value is -0.940. The van der Waals surface area contributed by atoms with Crippen molar-refractivity contribution in [1.29, 1.82) is 0 Å². The van der Waals surface area contributed by atoms with Crippen LogP contribution in [0.5, 0.6) is 0 Å². The Bertz CT molecular complexity index is 529. The number of para-hydroxylation sites is 1. The summed E-state index contributed by atoms with van der Waals surface area (Å²) < 4.78 is 1.15. The van der Waals surface area contributed by atoms with E-state index < -0.39 is 0 Å². The molecule has 2 aromatic rings. The van der Waals surface area contributed by atoms with Gasteiger partial charge in [-0.05, 0) is 52.4 Å². The molecule has 0 heterocycles. The maximum atomic E-state index is 6.11. The summed E-state index contributed by atoms with van der Waals surface area (Å²) in [7, 11) is 0. The van der Waals surface area contributed by atoms with Gasteiger partial charge in [0, 0.05) is 15.8 Å². The van der Waals surface area contributed by atoms with E-state index in [2.05, 4.69) is 27.9 Å². The van der Waals surface area contributed by atoms with Crippen molar-refractivity contribution in [3.8, 4) is 0 Å². The van der Waals surface area contributed by atoms with E-state index >= 15 is 0 Å². The third-order valence-electron chi connectivity index (χ3n) is 2.45. The molecular formula is C13H12ClIN2. The Labute approximate surface area is 119 Å². The molecule has 0 aliphatic heterocycles. The number of hydrogen-bond acceptors (Lipinski definition) is 2. The Kier molecular flexibility index (Phi) is 4.12. The Balaban J connectivity index is 2.12. The van der Waals surface area contributed by atoms with Gasteiger partial charge in [-0.15, -0.1) is 0 Å². The second-order valence-corrected chi connectivity index (χ2v) is 5.33. The van der Waals surface area contributed by atoms with Gasteiger partial charge in [0.1, 0.15) is 0 Å². The molecule has 0 saturated heterocycles. The molecule has 0 amide bonds. The summed E-state index contributed by atoms with van der Waals surface area (Å²) in [6, 6.07) is 13.7. The number of nitrogen functional groups attached to an aromatic ring is 1. The highest BCUT2D eigenvalue weighted by atomic mass is 127. The van der Waals surface area contributed by atoms with Crippen LogP contribution < -0.4 is 11.1 Å². The van der Waals surface area contributed by atoms with Crippen molar-refractivity contribution < 1.29 is 0 Å². The molecule has 0 aromatic heterocycles. The van der Waals surface area contributed by atoms with Crippen molar-refractivity contribution in [2.45, 2.75) is 6.54 Å². The third kappa shape index (κ3) is 3.26. The quantitative estimate of drug-likeness (QED) is 0.639. The first-order chi connectivity index (χ1) is 8.16. The van der Waals surface area contributed by atoms with Crippen LogP contribution in [0.1, 0.15) is 5.56 Å². The van der Waals surface area contributed by atoms with Gasteiger partial charge >= 0.3 is 0 Å². The van der Waals surface area contributed by atoms with Crippen molar-refractivity contribution in [3.63, 3.8) is 0 Å². The number of hydrogen-bond donors (Lipinski definition) is 2. The average Bonchev–Trinajstić information content (AvgIpc) is 2.32. The summed E-state index contributed by atoms with van der Waals surface area (Å²) in [4.78, 5) is 0. The molecule has 0 unspecified atom stereocenters. The van der Waals surface area contributed by atoms with Gasteiger partial charge in [-0.25, -0.2) is 0 Å². The smallest absolute Gasteiger partial charge is 0.0638 e. The minimum absolute atomic E-state index is 0.673. The molecule has 0 fully saturated rings. The van der Waals surface area contributed by atoms with Gasteiger partial charge in [-0.2, -0.15) is 0 Å². The van der Waals surface area contributed by atoms with Gasteiger partial charge in [0.2, 0.25) is 0 Å². The summed E-state index contributed by atoms with van der Waals surface area (Å²) in [6.07, 6.45) is 0. The van der Waals surface area contributed by atoms with Crippen LogP contribution >= 0.6 is 34.2 Å². The number of nitrogens with one attached hydrogen (secondary N) is 1. The molecule has 2 aromatic carbocycles. The summed E-state index contributed by atoms with van der Waals surface area (Å²) in [5.74, 6) is 0. The minimum atomic E-state index is 0.673. The highest BCUT2D eigenvalue weighted by Gasteiger charge is 2.02. The van der Waals surface area contributed by atoms with Crippen LogP contribution in [0.4, 0.5) is 11.4 Å². The minimum Gasteiger partial charge on any atom is -0.398 e. The predicted molar refractivity (Wildman–Crippen MR) is 82.4 cm³/mol. The van der Waals surface area contributed by atoms with Crippen LogP contribution in [-0.2, 0) is 6.54 Å². The van der Waals surface area contributed by atoms with E-state index in [-0.39, 0.29) is 0 Å². The Morgan fingerprint density at radius 1 is 1.18 bits per heavy atom. The normalized spacial score (nSPS) is 10.2. The summed E-state index contributed by atoms with van der Waals surface area (Å²) in [6.45, 7) is 0.673. The van der Waals surface area contributed by atoms with Crippen molar-refractivity contribution in [3.05, 3.63) is 56.6 Å². The van der Waals surface area contributed by atoms with Crippen molar-refractivity contribution in [2.24, 2.45) is 0 Å². The van der Waals surface area contributed by atoms with E-state index in [4.69, 9.17) is 17.3 Å². The number of nitrogens with two attached hydrogens (primary N) is 1. The first-order valence-corrected chi connectivity index (χ1v) is 6.65. The molecule has 0 aliphatic rings. The molecular weight excluding hydrogens is 347 g/mol. The second kappa shape index (κ2) is 5.60. The lowest BCUT2D eigenvalue weighted by Gasteiger charge is -2.10. The molecule has 4 heteroatoms. The Morgan fingerprint density at radius 2 is 1.94 bits per heavy atom. The lowest BCUT2D eigenvalue weighted by molar-refractivity contribution is 1.15. The first-order valence-electron chi connectivity index (χ1n) is 5.19. The first kappa shape index (κ1) is 12.5. The second-order valence-electron chi connectivity index (χ2n) is 3.68. The van der Waals surface area contributed by atoms with Crippen LogP contribution in [0.2, 0.25) is 5.02 Å². The van der Waals surface area contributed by atoms with Crippen molar-refractivity contribution in [1.82, 2.24) is 0 Å². The lowest BCUT2D eigenvalue weighted by atomic mass is 10.2. The highest BCUT2D eigenvalue weighted by molar-refractivity contribution is 14.1. The molecule has 0 aliphatic carbocycles. The van der Waals surface area contributed by atoms with E-state index in [1.165, 1.54) is 0 Å². The SMILES string of the molecule is Nc1ccccc1CNc1cc(I)ccc1Cl. The fourth-order valence-corrected chi connectivity index (χ4v) is 2.19. The number of rotatable bonds is 3. The third-order valence-corrected chi connectivity index (χ3v) is 3.45. The van der Waals surface area contributed by atoms with Gasteiger partial charge in [0.25, 0.3) is 0 Å². The summed E-state index contributed by atoms with van der Waals surface area (Å²) >= 11 is 8.36. The van der Waals surface area contributed by atoms with E-state index in [0.717, 1.165) is 25.5 Å². The standard InChI is InChI=1S/C13H12ClIN2/c14-11-6-5-10(15)7-13(11)17-8-9-3-1-2-4-12(9)16/h1-7,17H,8,16H2. The molecule has 0 atom stereocenters. The zero-order valence-corrected chi connectivity index (χ0v) is 12.0. The monoisotopic (exact) mass is 358 g/mol. The molecule has 88 valence electrons. The largest absolute Gasteiger partial charge is 0.398 e. The fourth-order valence-electron chi connectivity index (χ4n) is 1.52. The molecule has 0 bridgehead atoms. The maximum Gasteiger partial charge on any atom is 0.0638 e. The topological polar surface area (TPSA) is 38.0 Å². The van der Waals surface area contributed by atoms with Crippen LogP contribution in [0, 0.1) is 3.57 Å². The highest BCUT2D eigenvalue weighted by Crippen LogP contribution is 2.24. The lowest BCUT2D eigenvalue weighted by Crippen LogP contribution is -2.03. The van der Waals surface area contributed by atoms with Gasteiger partial charge < -0.3 is 11.1 Å². The maximum absolute atomic E-state index is 6.11. The molecule has 0 saturated carbocycles. The van der Waals surface area contributed by atoms with Gasteiger partial charge in [0.05, 0.1) is 10.7 Å². The van der Waals surface area contributed by atoms with Crippen LogP contribution in [-0.4, -0.2) is 0 Å². The summed E-state index contributed by atoms with van der Waals surface area (Å²) in [5.41, 5.74) is 8.68. The van der Waals surface area contributed by atoms with Crippen molar-refractivity contribution in [2.75, 3.05) is 11.1 Å². The molecule has 2 rings (SSSR count). The summed E-state index contributed by atoms with van der Waals surface area (Å²) in [5, 5.41) is 4.02. The van der Waals surface area contributed by atoms with Gasteiger partial charge in [-0.3, -0.25) is 0 Å². The molecule has 2 nitrogen and oxygen atoms in total. The van der Waals surface area contributed by atoms with Crippen LogP contribution in [0.15, 0.2) is 42.5 Å².